The van der Waals surface area contributed by atoms with Crippen LogP contribution in [-0.2, 0) is 17.8 Å². The molecule has 174 valence electrons. The van der Waals surface area contributed by atoms with Crippen LogP contribution in [0.25, 0.3) is 0 Å². The molecule has 0 spiro atoms. The van der Waals surface area contributed by atoms with Crippen molar-refractivity contribution in [1.29, 1.82) is 0 Å². The first-order valence-electron chi connectivity index (χ1n) is 10.8. The smallest absolute Gasteiger partial charge is 0.407 e. The summed E-state index contributed by atoms with van der Waals surface area (Å²) in [6.45, 7) is 8.74. The molecule has 3 rings (SSSR count). The second-order valence-corrected chi connectivity index (χ2v) is 8.21. The molecule has 0 fully saturated rings. The third-order valence-corrected chi connectivity index (χ3v) is 4.23. The topological polar surface area (TPSA) is 110 Å². The lowest BCUT2D eigenvalue weighted by Crippen LogP contribution is -2.32. The van der Waals surface area contributed by atoms with Crippen molar-refractivity contribution >= 4 is 23.7 Å². The number of carbonyl (C=O) groups is 1. The van der Waals surface area contributed by atoms with Crippen molar-refractivity contribution in [3.05, 3.63) is 65.7 Å². The van der Waals surface area contributed by atoms with Gasteiger partial charge in [-0.05, 0) is 51.0 Å². The molecule has 9 heteroatoms. The Balaban J connectivity index is 1.62. The first kappa shape index (κ1) is 23.8. The molecule has 9 nitrogen and oxygen atoms in total. The van der Waals surface area contributed by atoms with Gasteiger partial charge < -0.3 is 25.4 Å². The van der Waals surface area contributed by atoms with E-state index in [0.29, 0.717) is 31.6 Å². The van der Waals surface area contributed by atoms with Crippen LogP contribution in [0.5, 0.6) is 6.01 Å². The van der Waals surface area contributed by atoms with Gasteiger partial charge in [-0.3, -0.25) is 0 Å². The van der Waals surface area contributed by atoms with Gasteiger partial charge in [-0.1, -0.05) is 42.5 Å². The molecule has 1 heterocycles. The number of nitrogens with zero attached hydrogens (tertiary/aromatic N) is 3. The number of anilines is 3. The van der Waals surface area contributed by atoms with Gasteiger partial charge in [0.2, 0.25) is 11.9 Å². The Kier molecular flexibility index (Phi) is 8.01. The summed E-state index contributed by atoms with van der Waals surface area (Å²) in [4.78, 5) is 24.9. The first-order valence-corrected chi connectivity index (χ1v) is 10.8. The lowest BCUT2D eigenvalue weighted by Gasteiger charge is -2.19. The van der Waals surface area contributed by atoms with Crippen molar-refractivity contribution in [3.8, 4) is 6.01 Å². The van der Waals surface area contributed by atoms with Crippen molar-refractivity contribution < 1.29 is 14.3 Å². The maximum Gasteiger partial charge on any atom is 0.407 e. The van der Waals surface area contributed by atoms with E-state index in [0.717, 1.165) is 16.8 Å². The van der Waals surface area contributed by atoms with E-state index >= 15 is 0 Å². The zero-order valence-corrected chi connectivity index (χ0v) is 19.4. The molecular weight excluding hydrogens is 420 g/mol. The van der Waals surface area contributed by atoms with Gasteiger partial charge >= 0.3 is 12.1 Å². The van der Waals surface area contributed by atoms with Gasteiger partial charge in [0.25, 0.3) is 0 Å². The average molecular weight is 451 g/mol. The summed E-state index contributed by atoms with van der Waals surface area (Å²) in [6.07, 6.45) is -0.450. The number of alkyl carbamates (subject to hydrolysis) is 1. The zero-order chi connectivity index (χ0) is 23.7. The van der Waals surface area contributed by atoms with E-state index in [1.54, 1.807) is 0 Å². The van der Waals surface area contributed by atoms with Gasteiger partial charge in [0.15, 0.2) is 0 Å². The number of hydrogen-bond donors (Lipinski definition) is 3. The second kappa shape index (κ2) is 11.1. The minimum absolute atomic E-state index is 0.240. The molecule has 3 aromatic rings. The van der Waals surface area contributed by atoms with Crippen LogP contribution < -0.4 is 20.7 Å². The molecule has 1 amide bonds. The predicted molar refractivity (Wildman–Crippen MR) is 128 cm³/mol. The number of ether oxygens (including phenoxy) is 2. The van der Waals surface area contributed by atoms with E-state index in [-0.39, 0.29) is 6.01 Å². The molecule has 33 heavy (non-hydrogen) atoms. The molecule has 0 radical (unpaired) electrons. The van der Waals surface area contributed by atoms with Crippen molar-refractivity contribution in [1.82, 2.24) is 20.3 Å². The van der Waals surface area contributed by atoms with Crippen molar-refractivity contribution in [2.75, 3.05) is 17.2 Å². The van der Waals surface area contributed by atoms with Crippen LogP contribution in [0.2, 0.25) is 0 Å². The molecule has 2 aromatic carbocycles. The van der Waals surface area contributed by atoms with E-state index in [2.05, 4.69) is 30.9 Å². The molecule has 0 saturated heterocycles. The number of rotatable bonds is 9. The molecule has 0 atom stereocenters. The predicted octanol–water partition coefficient (Wildman–Crippen LogP) is 4.65. The Morgan fingerprint density at radius 2 is 1.55 bits per heavy atom. The van der Waals surface area contributed by atoms with Crippen molar-refractivity contribution in [2.24, 2.45) is 0 Å². The molecule has 0 bridgehead atoms. The van der Waals surface area contributed by atoms with Gasteiger partial charge in [-0.25, -0.2) is 4.79 Å². The van der Waals surface area contributed by atoms with Gasteiger partial charge in [-0.2, -0.15) is 15.0 Å². The number of aromatic nitrogens is 3. The van der Waals surface area contributed by atoms with E-state index in [1.165, 1.54) is 0 Å². The number of benzene rings is 2. The largest absolute Gasteiger partial charge is 0.464 e. The minimum atomic E-state index is -0.530. The Morgan fingerprint density at radius 3 is 2.21 bits per heavy atom. The fourth-order valence-electron chi connectivity index (χ4n) is 2.79. The minimum Gasteiger partial charge on any atom is -0.464 e. The quantitative estimate of drug-likeness (QED) is 0.432. The third-order valence-electron chi connectivity index (χ3n) is 4.23. The highest BCUT2D eigenvalue weighted by Gasteiger charge is 2.15. The lowest BCUT2D eigenvalue weighted by atomic mass is 10.2. The van der Waals surface area contributed by atoms with Crippen LogP contribution in [0, 0.1) is 0 Å². The van der Waals surface area contributed by atoms with E-state index in [9.17, 15) is 4.79 Å². The molecule has 0 unspecified atom stereocenters. The molecule has 1 aromatic heterocycles. The highest BCUT2D eigenvalue weighted by molar-refractivity contribution is 5.67. The summed E-state index contributed by atoms with van der Waals surface area (Å²) in [6, 6.07) is 17.8. The molecule has 0 aliphatic rings. The third kappa shape index (κ3) is 8.29. The van der Waals surface area contributed by atoms with Gasteiger partial charge in [0.05, 0.1) is 6.61 Å². The van der Waals surface area contributed by atoms with Gasteiger partial charge in [-0.15, -0.1) is 0 Å². The molecule has 3 N–H and O–H groups in total. The SMILES string of the molecule is CCOc1nc(NCc2ccccc2)nc(Nc2ccc(CNC(=O)OC(C)(C)C)cc2)n1. The van der Waals surface area contributed by atoms with Gasteiger partial charge in [0.1, 0.15) is 5.60 Å². The van der Waals surface area contributed by atoms with Crippen LogP contribution in [0.15, 0.2) is 54.6 Å². The Hall–Kier alpha value is -3.88. The molecule has 0 aliphatic carbocycles. The summed E-state index contributed by atoms with van der Waals surface area (Å²) in [7, 11) is 0. The van der Waals surface area contributed by atoms with Crippen LogP contribution in [0.1, 0.15) is 38.8 Å². The monoisotopic (exact) mass is 450 g/mol. The fraction of sp³-hybridized carbons (Fsp3) is 0.333. The summed E-state index contributed by atoms with van der Waals surface area (Å²) in [5.74, 6) is 0.779. The Bertz CT molecular complexity index is 1040. The number of hydrogen-bond acceptors (Lipinski definition) is 8. The van der Waals surface area contributed by atoms with Crippen LogP contribution in [0.4, 0.5) is 22.4 Å². The van der Waals surface area contributed by atoms with E-state index in [1.807, 2.05) is 82.3 Å². The maximum absolute atomic E-state index is 11.8. The molecule has 0 saturated carbocycles. The van der Waals surface area contributed by atoms with E-state index < -0.39 is 11.7 Å². The van der Waals surface area contributed by atoms with E-state index in [4.69, 9.17) is 9.47 Å². The van der Waals surface area contributed by atoms with Crippen molar-refractivity contribution in [2.45, 2.75) is 46.4 Å². The van der Waals surface area contributed by atoms with Crippen molar-refractivity contribution in [3.63, 3.8) is 0 Å². The standard InChI is InChI=1S/C24H30N6O3/c1-5-32-22-29-20(25-15-17-9-7-6-8-10-17)28-21(30-22)27-19-13-11-18(12-14-19)16-26-23(31)33-24(2,3)4/h6-14H,5,15-16H2,1-4H3,(H,26,31)(H2,25,27,28,29,30). The fourth-order valence-corrected chi connectivity index (χ4v) is 2.79. The Labute approximate surface area is 194 Å². The first-order chi connectivity index (χ1) is 15.8. The highest BCUT2D eigenvalue weighted by atomic mass is 16.6. The molecule has 0 aliphatic heterocycles. The normalized spacial score (nSPS) is 10.9. The summed E-state index contributed by atoms with van der Waals surface area (Å²) in [5, 5.41) is 9.12. The summed E-state index contributed by atoms with van der Waals surface area (Å²) >= 11 is 0. The summed E-state index contributed by atoms with van der Waals surface area (Å²) in [5.41, 5.74) is 2.30. The highest BCUT2D eigenvalue weighted by Crippen LogP contribution is 2.18. The number of nitrogens with one attached hydrogen (secondary N) is 3. The lowest BCUT2D eigenvalue weighted by molar-refractivity contribution is 0.0523. The second-order valence-electron chi connectivity index (χ2n) is 8.21. The number of amides is 1. The molecular formula is C24H30N6O3. The average Bonchev–Trinajstić information content (AvgIpc) is 2.77. The maximum atomic E-state index is 11.8. The summed E-state index contributed by atoms with van der Waals surface area (Å²) < 4.78 is 10.7. The zero-order valence-electron chi connectivity index (χ0n) is 19.4. The van der Waals surface area contributed by atoms with Crippen LogP contribution in [0.3, 0.4) is 0 Å². The van der Waals surface area contributed by atoms with Crippen LogP contribution >= 0.6 is 0 Å². The number of carbonyl (C=O) groups excluding carboxylic acids is 1. The Morgan fingerprint density at radius 1 is 0.879 bits per heavy atom. The van der Waals surface area contributed by atoms with Crippen LogP contribution in [-0.4, -0.2) is 33.3 Å². The van der Waals surface area contributed by atoms with Gasteiger partial charge in [0, 0.05) is 18.8 Å².